The van der Waals surface area contributed by atoms with Crippen LogP contribution in [0, 0.1) is 11.8 Å². The maximum Gasteiger partial charge on any atom is 0.259 e. The third-order valence-corrected chi connectivity index (χ3v) is 8.01. The number of nitrogens with one attached hydrogen (secondary N) is 2. The number of hydrogen-bond acceptors (Lipinski definition) is 9. The van der Waals surface area contributed by atoms with Crippen molar-refractivity contribution in [3.8, 4) is 0 Å². The summed E-state index contributed by atoms with van der Waals surface area (Å²) in [6, 6.07) is 5.80. The Morgan fingerprint density at radius 1 is 1.14 bits per heavy atom. The second-order valence-corrected chi connectivity index (χ2v) is 13.1. The van der Waals surface area contributed by atoms with Gasteiger partial charge in [0.15, 0.2) is 0 Å². The third kappa shape index (κ3) is 8.63. The molecular weight excluding hydrogens is 544 g/mol. The highest BCUT2D eigenvalue weighted by Gasteiger charge is 2.37. The van der Waals surface area contributed by atoms with E-state index >= 15 is 0 Å². The van der Waals surface area contributed by atoms with Crippen molar-refractivity contribution >= 4 is 23.5 Å². The molecule has 2 atom stereocenters. The number of piperazine rings is 1. The lowest BCUT2D eigenvalue weighted by Crippen LogP contribution is -2.57. The van der Waals surface area contributed by atoms with Crippen LogP contribution in [0.5, 0.6) is 0 Å². The fraction of sp³-hybridized carbons (Fsp3) is 0.656. The van der Waals surface area contributed by atoms with Crippen molar-refractivity contribution in [3.63, 3.8) is 0 Å². The summed E-state index contributed by atoms with van der Waals surface area (Å²) in [4.78, 5) is 47.9. The summed E-state index contributed by atoms with van der Waals surface area (Å²) in [5, 5.41) is 6.84. The number of carbonyl (C=O) groups excluding carboxylic acids is 2. The second kappa shape index (κ2) is 14.9. The Hall–Kier alpha value is -3.31. The van der Waals surface area contributed by atoms with Crippen LogP contribution in [0.1, 0.15) is 63.6 Å². The molecule has 11 nitrogen and oxygen atoms in total. The first-order valence-corrected chi connectivity index (χ1v) is 15.6. The summed E-state index contributed by atoms with van der Waals surface area (Å²) in [5.41, 5.74) is 0.205. The topological polar surface area (TPSA) is 116 Å². The van der Waals surface area contributed by atoms with Crippen molar-refractivity contribution in [2.24, 2.45) is 11.8 Å². The first-order valence-electron chi connectivity index (χ1n) is 15.6. The number of rotatable bonds is 11. The summed E-state index contributed by atoms with van der Waals surface area (Å²) in [7, 11) is 1.68. The Balaban J connectivity index is 1.48. The van der Waals surface area contributed by atoms with E-state index in [9.17, 15) is 9.59 Å². The van der Waals surface area contributed by atoms with Gasteiger partial charge < -0.3 is 30.1 Å². The monoisotopic (exact) mass is 594 g/mol. The predicted octanol–water partition coefficient (Wildman–Crippen LogP) is 3.04. The van der Waals surface area contributed by atoms with Crippen LogP contribution >= 0.6 is 0 Å². The minimum absolute atomic E-state index is 0.104. The number of anilines is 2. The summed E-state index contributed by atoms with van der Waals surface area (Å²) in [6.07, 6.45) is 4.89. The molecule has 2 saturated heterocycles. The van der Waals surface area contributed by atoms with E-state index in [1.807, 2.05) is 28.0 Å². The largest absolute Gasteiger partial charge is 0.385 e. The molecule has 2 fully saturated rings. The zero-order chi connectivity index (χ0) is 31.0. The normalized spacial score (nSPS) is 19.4. The molecule has 0 aromatic carbocycles. The van der Waals surface area contributed by atoms with Crippen LogP contribution in [0.4, 0.5) is 11.6 Å². The summed E-state index contributed by atoms with van der Waals surface area (Å²) in [6.45, 7) is 16.4. The van der Waals surface area contributed by atoms with Crippen LogP contribution in [0.25, 0.3) is 0 Å². The van der Waals surface area contributed by atoms with Gasteiger partial charge in [-0.15, -0.1) is 0 Å². The van der Waals surface area contributed by atoms with E-state index in [-0.39, 0.29) is 35.1 Å². The van der Waals surface area contributed by atoms with Gasteiger partial charge in [-0.05, 0) is 30.9 Å². The fourth-order valence-electron chi connectivity index (χ4n) is 5.70. The molecule has 236 valence electrons. The van der Waals surface area contributed by atoms with Crippen LogP contribution in [0.3, 0.4) is 0 Å². The molecule has 4 rings (SSSR count). The van der Waals surface area contributed by atoms with Gasteiger partial charge in [-0.25, -0.2) is 15.0 Å². The molecule has 2 amide bonds. The average Bonchev–Trinajstić information content (AvgIpc) is 3.01. The van der Waals surface area contributed by atoms with Gasteiger partial charge >= 0.3 is 0 Å². The van der Waals surface area contributed by atoms with Gasteiger partial charge in [0.1, 0.15) is 23.0 Å². The van der Waals surface area contributed by atoms with Gasteiger partial charge in [0.05, 0.1) is 5.92 Å². The number of ether oxygens (including phenoxy) is 1. The number of hydrogen-bond donors (Lipinski definition) is 2. The number of methoxy groups -OCH3 is 1. The van der Waals surface area contributed by atoms with E-state index in [2.05, 4.69) is 60.1 Å². The molecule has 0 radical (unpaired) electrons. The van der Waals surface area contributed by atoms with E-state index in [4.69, 9.17) is 9.72 Å². The second-order valence-electron chi connectivity index (χ2n) is 13.1. The number of aromatic nitrogens is 3. The van der Waals surface area contributed by atoms with Gasteiger partial charge in [-0.1, -0.05) is 40.7 Å². The van der Waals surface area contributed by atoms with Crippen LogP contribution < -0.4 is 15.5 Å². The highest BCUT2D eigenvalue weighted by Crippen LogP contribution is 2.26. The van der Waals surface area contributed by atoms with Crippen molar-refractivity contribution in [3.05, 3.63) is 42.0 Å². The number of pyridine rings is 1. The van der Waals surface area contributed by atoms with E-state index in [1.165, 1.54) is 0 Å². The Morgan fingerprint density at radius 2 is 1.91 bits per heavy atom. The molecule has 2 aromatic heterocycles. The molecule has 43 heavy (non-hydrogen) atoms. The van der Waals surface area contributed by atoms with Crippen molar-refractivity contribution in [1.82, 2.24) is 30.1 Å². The molecular formula is C32H50N8O3. The Morgan fingerprint density at radius 3 is 2.56 bits per heavy atom. The fourth-order valence-corrected chi connectivity index (χ4v) is 5.70. The van der Waals surface area contributed by atoms with Gasteiger partial charge in [0.2, 0.25) is 5.91 Å². The number of amides is 2. The minimum atomic E-state index is -0.258. The lowest BCUT2D eigenvalue weighted by molar-refractivity contribution is -0.137. The third-order valence-electron chi connectivity index (χ3n) is 8.01. The quantitative estimate of drug-likeness (QED) is 0.379. The molecule has 2 N–H and O–H groups in total. The standard InChI is InChI=1S/C32H50N8O3/c1-23(2)22-40(30(42)26-21-36-31(32(3,4)5)37-28(26)35-12-9-17-43-6)25-18-24(19-33-20-25)29(41)39-15-13-38(14-16-39)27-10-7-8-11-34-27/h7-8,10-11,21,23-25,33H,9,12-20,22H2,1-6H3,(H,35,36,37)/t24-,25+/m1/s1. The summed E-state index contributed by atoms with van der Waals surface area (Å²) in [5.74, 6) is 2.31. The number of nitrogens with zero attached hydrogens (tertiary/aromatic N) is 6. The Kier molecular flexibility index (Phi) is 11.3. The molecule has 0 aliphatic carbocycles. The van der Waals surface area contributed by atoms with Crippen molar-refractivity contribution in [2.75, 3.05) is 76.3 Å². The Bertz CT molecular complexity index is 1190. The molecule has 0 spiro atoms. The molecule has 2 aliphatic rings. The van der Waals surface area contributed by atoms with Crippen LogP contribution in [-0.2, 0) is 14.9 Å². The average molecular weight is 595 g/mol. The highest BCUT2D eigenvalue weighted by atomic mass is 16.5. The maximum absolute atomic E-state index is 14.2. The first kappa shape index (κ1) is 32.6. The van der Waals surface area contributed by atoms with Crippen LogP contribution in [-0.4, -0.2) is 109 Å². The van der Waals surface area contributed by atoms with Crippen molar-refractivity contribution < 1.29 is 14.3 Å². The lowest BCUT2D eigenvalue weighted by Gasteiger charge is -2.41. The number of piperidine rings is 1. The van der Waals surface area contributed by atoms with Gasteiger partial charge in [-0.3, -0.25) is 9.59 Å². The highest BCUT2D eigenvalue weighted by molar-refractivity contribution is 5.98. The van der Waals surface area contributed by atoms with Gasteiger partial charge in [-0.2, -0.15) is 0 Å². The van der Waals surface area contributed by atoms with Gasteiger partial charge in [0.25, 0.3) is 5.91 Å². The van der Waals surface area contributed by atoms with Gasteiger partial charge in [0, 0.05) is 89.9 Å². The van der Waals surface area contributed by atoms with Crippen molar-refractivity contribution in [1.29, 1.82) is 0 Å². The molecule has 0 saturated carbocycles. The maximum atomic E-state index is 14.2. The molecule has 11 heteroatoms. The smallest absolute Gasteiger partial charge is 0.259 e. The van der Waals surface area contributed by atoms with E-state index in [1.54, 1.807) is 19.5 Å². The van der Waals surface area contributed by atoms with Crippen LogP contribution in [0.2, 0.25) is 0 Å². The molecule has 4 heterocycles. The SMILES string of the molecule is COCCCNc1nc(C(C)(C)C)ncc1C(=O)N(CC(C)C)[C@@H]1CNC[C@H](C(=O)N2CCN(c3ccccn3)CC2)C1. The molecule has 2 aliphatic heterocycles. The summed E-state index contributed by atoms with van der Waals surface area (Å²) >= 11 is 0. The molecule has 0 unspecified atom stereocenters. The number of carbonyl (C=O) groups is 2. The van der Waals surface area contributed by atoms with E-state index in [0.29, 0.717) is 69.5 Å². The van der Waals surface area contributed by atoms with Crippen molar-refractivity contribution in [2.45, 2.75) is 58.9 Å². The minimum Gasteiger partial charge on any atom is -0.385 e. The summed E-state index contributed by atoms with van der Waals surface area (Å²) < 4.78 is 5.20. The van der Waals surface area contributed by atoms with E-state index < -0.39 is 0 Å². The zero-order valence-electron chi connectivity index (χ0n) is 26.8. The Labute approximate surface area is 256 Å². The zero-order valence-corrected chi connectivity index (χ0v) is 26.8. The lowest BCUT2D eigenvalue weighted by atomic mass is 9.92. The molecule has 0 bridgehead atoms. The molecule has 2 aromatic rings. The van der Waals surface area contributed by atoms with E-state index in [0.717, 1.165) is 25.3 Å². The first-order chi connectivity index (χ1) is 20.6. The predicted molar refractivity (Wildman–Crippen MR) is 169 cm³/mol. The van der Waals surface area contributed by atoms with Crippen LogP contribution in [0.15, 0.2) is 30.6 Å².